The monoisotopic (exact) mass is 452 g/mol. The zero-order chi connectivity index (χ0) is 24.0. The number of amides is 2. The molecule has 4 N–H and O–H groups in total. The van der Waals surface area contributed by atoms with Crippen molar-refractivity contribution in [3.8, 4) is 6.07 Å². The summed E-state index contributed by atoms with van der Waals surface area (Å²) in [6.07, 6.45) is 2.30. The number of carbonyl (C=O) groups is 3. The fourth-order valence-electron chi connectivity index (χ4n) is 4.02. The molecule has 1 fully saturated rings. The topological polar surface area (TPSA) is 140 Å². The number of hydrogen-bond donors (Lipinski definition) is 4. The number of carbonyl (C=O) groups excluding carboxylic acids is 3. The lowest BCUT2D eigenvalue weighted by molar-refractivity contribution is -0.128. The van der Waals surface area contributed by atoms with E-state index in [1.54, 1.807) is 0 Å². The molecule has 0 aliphatic carbocycles. The summed E-state index contributed by atoms with van der Waals surface area (Å²) in [5.74, 6) is -0.737. The number of nitrogens with one attached hydrogen (secondary N) is 4. The zero-order valence-electron chi connectivity index (χ0n) is 19.4. The third-order valence-corrected chi connectivity index (χ3v) is 5.69. The highest BCUT2D eigenvalue weighted by Crippen LogP contribution is 2.22. The van der Waals surface area contributed by atoms with Crippen molar-refractivity contribution in [3.05, 3.63) is 30.1 Å². The molecule has 0 radical (unpaired) electrons. The van der Waals surface area contributed by atoms with Crippen LogP contribution in [0.2, 0.25) is 0 Å². The van der Waals surface area contributed by atoms with E-state index in [1.807, 2.05) is 45.0 Å². The minimum absolute atomic E-state index is 0.0726. The maximum Gasteiger partial charge on any atom is 0.238 e. The summed E-state index contributed by atoms with van der Waals surface area (Å²) in [5, 5.41) is 18.2. The number of aromatic amines is 1. The Hall–Kier alpha value is -3.25. The number of piperidine rings is 1. The number of ketones is 1. The lowest BCUT2D eigenvalue weighted by Gasteiger charge is -2.28. The Balaban J connectivity index is 1.63. The third-order valence-electron chi connectivity index (χ3n) is 5.69. The lowest BCUT2D eigenvalue weighted by Crippen LogP contribution is -2.51. The molecule has 1 aromatic carbocycles. The first kappa shape index (κ1) is 24.4. The molecule has 1 aromatic heterocycles. The van der Waals surface area contributed by atoms with Crippen LogP contribution in [0.15, 0.2) is 24.3 Å². The number of nitrogens with zero attached hydrogens (tertiary/aromatic N) is 2. The Morgan fingerprint density at radius 3 is 2.73 bits per heavy atom. The fraction of sp³-hybridized carbons (Fsp3) is 0.542. The minimum atomic E-state index is -0.776. The van der Waals surface area contributed by atoms with Gasteiger partial charge in [-0.3, -0.25) is 19.7 Å². The molecule has 0 spiro atoms. The van der Waals surface area contributed by atoms with Gasteiger partial charge in [-0.1, -0.05) is 32.9 Å². The molecule has 176 valence electrons. The average molecular weight is 453 g/mol. The molecule has 9 heteroatoms. The summed E-state index contributed by atoms with van der Waals surface area (Å²) >= 11 is 0. The fourth-order valence-corrected chi connectivity index (χ4v) is 4.02. The maximum atomic E-state index is 13.0. The predicted molar refractivity (Wildman–Crippen MR) is 124 cm³/mol. The van der Waals surface area contributed by atoms with Crippen LogP contribution in [0, 0.1) is 22.7 Å². The van der Waals surface area contributed by atoms with Crippen LogP contribution in [-0.4, -0.2) is 52.7 Å². The van der Waals surface area contributed by atoms with E-state index in [0.29, 0.717) is 24.9 Å². The first-order chi connectivity index (χ1) is 15.7. The molecule has 9 nitrogen and oxygen atoms in total. The number of aromatic nitrogens is 2. The van der Waals surface area contributed by atoms with Crippen molar-refractivity contribution in [3.63, 3.8) is 0 Å². The standard InChI is InChI=1S/C24H32N6O3/c1-24(2,3)12-19(23(33)28-16(13-25)11-15-7-6-10-26-22(15)32)27-14-20(31)21-29-17-8-4-5-9-18(17)30-21/h4-5,8-9,15-16,19,27H,6-7,10-12,14H2,1-3H3,(H,26,32)(H,28,33)(H,29,30)/t15-,16-,19-/m0/s1. The second-order valence-electron chi connectivity index (χ2n) is 9.78. The van der Waals surface area contributed by atoms with Gasteiger partial charge in [0.1, 0.15) is 6.04 Å². The second kappa shape index (κ2) is 10.6. The first-order valence-electron chi connectivity index (χ1n) is 11.4. The highest BCUT2D eigenvalue weighted by molar-refractivity contribution is 5.97. The summed E-state index contributed by atoms with van der Waals surface area (Å²) in [4.78, 5) is 45.1. The largest absolute Gasteiger partial charge is 0.356 e. The summed E-state index contributed by atoms with van der Waals surface area (Å²) in [6, 6.07) is 8.03. The number of fused-ring (bicyclic) bond motifs is 1. The van der Waals surface area contributed by atoms with Gasteiger partial charge in [0.15, 0.2) is 5.82 Å². The van der Waals surface area contributed by atoms with Crippen LogP contribution in [0.1, 0.15) is 57.1 Å². The van der Waals surface area contributed by atoms with E-state index in [0.717, 1.165) is 11.9 Å². The van der Waals surface area contributed by atoms with Gasteiger partial charge < -0.3 is 15.6 Å². The molecule has 2 heterocycles. The molecule has 2 amide bonds. The van der Waals surface area contributed by atoms with Crippen molar-refractivity contribution in [1.29, 1.82) is 5.26 Å². The quantitative estimate of drug-likeness (QED) is 0.430. The van der Waals surface area contributed by atoms with E-state index in [4.69, 9.17) is 0 Å². The van der Waals surface area contributed by atoms with Crippen molar-refractivity contribution >= 4 is 28.6 Å². The Labute approximate surface area is 193 Å². The van der Waals surface area contributed by atoms with Crippen LogP contribution >= 0.6 is 0 Å². The van der Waals surface area contributed by atoms with Gasteiger partial charge >= 0.3 is 0 Å². The Morgan fingerprint density at radius 2 is 2.06 bits per heavy atom. The summed E-state index contributed by atoms with van der Waals surface area (Å²) < 4.78 is 0. The van der Waals surface area contributed by atoms with Gasteiger partial charge in [0.05, 0.1) is 29.7 Å². The van der Waals surface area contributed by atoms with Gasteiger partial charge in [0, 0.05) is 12.5 Å². The number of nitriles is 1. The normalized spacial score (nSPS) is 18.2. The van der Waals surface area contributed by atoms with Gasteiger partial charge in [0.25, 0.3) is 0 Å². The molecule has 1 aliphatic rings. The number of rotatable bonds is 9. The highest BCUT2D eigenvalue weighted by atomic mass is 16.2. The number of para-hydroxylation sites is 2. The molecule has 0 bridgehead atoms. The van der Waals surface area contributed by atoms with Crippen molar-refractivity contribution in [2.24, 2.45) is 11.3 Å². The molecule has 2 aromatic rings. The molecule has 0 saturated carbocycles. The molecule has 3 atom stereocenters. The number of imidazole rings is 1. The van der Waals surface area contributed by atoms with E-state index in [-0.39, 0.29) is 47.7 Å². The van der Waals surface area contributed by atoms with Crippen LogP contribution in [0.5, 0.6) is 0 Å². The Bertz CT molecular complexity index is 1020. The number of hydrogen-bond acceptors (Lipinski definition) is 6. The molecule has 1 saturated heterocycles. The predicted octanol–water partition coefficient (Wildman–Crippen LogP) is 2.06. The SMILES string of the molecule is CC(C)(C)C[C@H](NCC(=O)c1nc2ccccc2[nH]1)C(=O)N[C@H](C#N)C[C@@H]1CCCNC1=O. The van der Waals surface area contributed by atoms with E-state index in [9.17, 15) is 19.6 Å². The van der Waals surface area contributed by atoms with Crippen molar-refractivity contribution in [2.75, 3.05) is 13.1 Å². The summed E-state index contributed by atoms with van der Waals surface area (Å²) in [5.41, 5.74) is 1.28. The summed E-state index contributed by atoms with van der Waals surface area (Å²) in [6.45, 7) is 6.59. The number of H-pyrrole nitrogens is 1. The van der Waals surface area contributed by atoms with Gasteiger partial charge in [-0.25, -0.2) is 4.98 Å². The van der Waals surface area contributed by atoms with E-state index in [2.05, 4.69) is 32.0 Å². The molecule has 33 heavy (non-hydrogen) atoms. The van der Waals surface area contributed by atoms with Crippen molar-refractivity contribution in [1.82, 2.24) is 25.9 Å². The zero-order valence-corrected chi connectivity index (χ0v) is 19.4. The van der Waals surface area contributed by atoms with Crippen LogP contribution in [0.4, 0.5) is 0 Å². The van der Waals surface area contributed by atoms with Gasteiger partial charge in [0.2, 0.25) is 17.6 Å². The average Bonchev–Trinajstić information content (AvgIpc) is 3.21. The van der Waals surface area contributed by atoms with E-state index in [1.165, 1.54) is 0 Å². The van der Waals surface area contributed by atoms with Crippen LogP contribution in [0.3, 0.4) is 0 Å². The van der Waals surface area contributed by atoms with Gasteiger partial charge in [-0.15, -0.1) is 0 Å². The van der Waals surface area contributed by atoms with Gasteiger partial charge in [-0.05, 0) is 43.2 Å². The highest BCUT2D eigenvalue weighted by Gasteiger charge is 2.30. The van der Waals surface area contributed by atoms with Crippen molar-refractivity contribution in [2.45, 2.75) is 58.5 Å². The van der Waals surface area contributed by atoms with Crippen LogP contribution < -0.4 is 16.0 Å². The third kappa shape index (κ3) is 6.86. The molecule has 3 rings (SSSR count). The smallest absolute Gasteiger partial charge is 0.238 e. The Kier molecular flexibility index (Phi) is 7.82. The minimum Gasteiger partial charge on any atom is -0.356 e. The molecule has 1 aliphatic heterocycles. The maximum absolute atomic E-state index is 13.0. The molecular formula is C24H32N6O3. The summed E-state index contributed by atoms with van der Waals surface area (Å²) in [7, 11) is 0. The van der Waals surface area contributed by atoms with E-state index >= 15 is 0 Å². The van der Waals surface area contributed by atoms with Gasteiger partial charge in [-0.2, -0.15) is 5.26 Å². The molecular weight excluding hydrogens is 420 g/mol. The second-order valence-corrected chi connectivity index (χ2v) is 9.78. The Morgan fingerprint density at radius 1 is 1.30 bits per heavy atom. The van der Waals surface area contributed by atoms with Crippen molar-refractivity contribution < 1.29 is 14.4 Å². The van der Waals surface area contributed by atoms with Crippen LogP contribution in [0.25, 0.3) is 11.0 Å². The van der Waals surface area contributed by atoms with E-state index < -0.39 is 12.1 Å². The van der Waals surface area contributed by atoms with Crippen LogP contribution in [-0.2, 0) is 9.59 Å². The lowest BCUT2D eigenvalue weighted by atomic mass is 9.87. The number of Topliss-reactive ketones (excluding diaryl/α,β-unsaturated/α-hetero) is 1. The molecule has 0 unspecified atom stereocenters. The first-order valence-corrected chi connectivity index (χ1v) is 11.4. The number of benzene rings is 1.